The van der Waals surface area contributed by atoms with Crippen LogP contribution in [0.4, 0.5) is 0 Å². The van der Waals surface area contributed by atoms with Crippen LogP contribution < -0.4 is 0 Å². The second-order valence-corrected chi connectivity index (χ2v) is 6.80. The highest BCUT2D eigenvalue weighted by atomic mass is 16.8. The first-order chi connectivity index (χ1) is 12.5. The van der Waals surface area contributed by atoms with Crippen LogP contribution in [0.5, 0.6) is 0 Å². The van der Waals surface area contributed by atoms with Gasteiger partial charge in [0.05, 0.1) is 19.8 Å². The van der Waals surface area contributed by atoms with E-state index in [0.29, 0.717) is 19.8 Å². The summed E-state index contributed by atoms with van der Waals surface area (Å²) in [5.41, 5.74) is 1.08. The minimum Gasteiger partial charge on any atom is -0.463 e. The molecule has 142 valence electrons. The van der Waals surface area contributed by atoms with Crippen LogP contribution in [0.25, 0.3) is 0 Å². The standard InChI is InChI=1S/C20H26O6/c1-4-22-17(21)11-10-15-19(25-15)18(16-13-24-20(2,3)26-16)23-12-14-8-6-5-7-9-14/h5-11,15-16,18-19H,4,12-13H2,1-3H3/b11-10+/t15-,16+,18-,19+/m1/s1. The summed E-state index contributed by atoms with van der Waals surface area (Å²) in [6, 6.07) is 9.95. The lowest BCUT2D eigenvalue weighted by atomic mass is 10.1. The third-order valence-electron chi connectivity index (χ3n) is 4.28. The first-order valence-corrected chi connectivity index (χ1v) is 8.96. The topological polar surface area (TPSA) is 66.5 Å². The number of carbonyl (C=O) groups is 1. The smallest absolute Gasteiger partial charge is 0.330 e. The van der Waals surface area contributed by atoms with Gasteiger partial charge in [-0.1, -0.05) is 30.3 Å². The van der Waals surface area contributed by atoms with Crippen molar-refractivity contribution in [1.82, 2.24) is 0 Å². The number of carbonyl (C=O) groups excluding carboxylic acids is 1. The number of benzene rings is 1. The second-order valence-electron chi connectivity index (χ2n) is 6.80. The van der Waals surface area contributed by atoms with E-state index in [0.717, 1.165) is 5.56 Å². The molecule has 2 aliphatic heterocycles. The summed E-state index contributed by atoms with van der Waals surface area (Å²) in [7, 11) is 0. The number of esters is 1. The SMILES string of the molecule is CCOC(=O)/C=C/[C@H]1O[C@@H]1[C@H](OCc1ccccc1)[C@@H]1COC(C)(C)O1. The van der Waals surface area contributed by atoms with E-state index in [9.17, 15) is 4.79 Å². The average molecular weight is 362 g/mol. The van der Waals surface area contributed by atoms with Gasteiger partial charge in [0.15, 0.2) is 5.79 Å². The van der Waals surface area contributed by atoms with Crippen LogP contribution in [0.15, 0.2) is 42.5 Å². The second kappa shape index (κ2) is 8.31. The third kappa shape index (κ3) is 5.14. The molecule has 2 fully saturated rings. The van der Waals surface area contributed by atoms with Gasteiger partial charge in [-0.05, 0) is 32.4 Å². The van der Waals surface area contributed by atoms with E-state index in [-0.39, 0.29) is 30.4 Å². The highest BCUT2D eigenvalue weighted by Crippen LogP contribution is 2.35. The molecule has 26 heavy (non-hydrogen) atoms. The van der Waals surface area contributed by atoms with Crippen LogP contribution >= 0.6 is 0 Å². The van der Waals surface area contributed by atoms with Crippen LogP contribution in [0.1, 0.15) is 26.3 Å². The van der Waals surface area contributed by atoms with Crippen molar-refractivity contribution in [2.45, 2.75) is 57.6 Å². The zero-order valence-electron chi connectivity index (χ0n) is 15.4. The van der Waals surface area contributed by atoms with Gasteiger partial charge in [0, 0.05) is 6.08 Å². The summed E-state index contributed by atoms with van der Waals surface area (Å²) < 4.78 is 28.4. The van der Waals surface area contributed by atoms with Crippen LogP contribution in [0.3, 0.4) is 0 Å². The number of epoxide rings is 1. The van der Waals surface area contributed by atoms with E-state index in [4.69, 9.17) is 23.7 Å². The Kier molecular flexibility index (Phi) is 6.09. The zero-order valence-corrected chi connectivity index (χ0v) is 15.4. The Bertz CT molecular complexity index is 626. The molecule has 0 N–H and O–H groups in total. The van der Waals surface area contributed by atoms with Crippen molar-refractivity contribution in [3.63, 3.8) is 0 Å². The Labute approximate surface area is 154 Å². The lowest BCUT2D eigenvalue weighted by molar-refractivity contribution is -0.160. The summed E-state index contributed by atoms with van der Waals surface area (Å²) in [4.78, 5) is 11.5. The van der Waals surface area contributed by atoms with Crippen molar-refractivity contribution in [1.29, 1.82) is 0 Å². The van der Waals surface area contributed by atoms with E-state index in [2.05, 4.69) is 0 Å². The Morgan fingerprint density at radius 3 is 2.77 bits per heavy atom. The van der Waals surface area contributed by atoms with Crippen molar-refractivity contribution in [3.05, 3.63) is 48.0 Å². The van der Waals surface area contributed by atoms with Crippen LogP contribution in [0, 0.1) is 0 Å². The molecule has 1 aromatic rings. The van der Waals surface area contributed by atoms with Crippen LogP contribution in [-0.4, -0.2) is 49.4 Å². The van der Waals surface area contributed by atoms with Gasteiger partial charge in [-0.25, -0.2) is 4.79 Å². The summed E-state index contributed by atoms with van der Waals surface area (Å²) in [5.74, 6) is -1.01. The van der Waals surface area contributed by atoms with Crippen molar-refractivity contribution in [2.24, 2.45) is 0 Å². The fourth-order valence-electron chi connectivity index (χ4n) is 2.98. The van der Waals surface area contributed by atoms with Crippen LogP contribution in [0.2, 0.25) is 0 Å². The zero-order chi connectivity index (χ0) is 18.6. The molecule has 2 aliphatic rings. The molecule has 0 spiro atoms. The quantitative estimate of drug-likeness (QED) is 0.402. The molecule has 0 aliphatic carbocycles. The first kappa shape index (κ1) is 19.0. The van der Waals surface area contributed by atoms with Gasteiger partial charge in [-0.15, -0.1) is 0 Å². The molecule has 6 heteroatoms. The molecular weight excluding hydrogens is 336 g/mol. The van der Waals surface area contributed by atoms with Gasteiger partial charge in [0.1, 0.15) is 24.4 Å². The fraction of sp³-hybridized carbons (Fsp3) is 0.550. The maximum atomic E-state index is 11.5. The number of ether oxygens (including phenoxy) is 5. The Morgan fingerprint density at radius 1 is 1.35 bits per heavy atom. The highest BCUT2D eigenvalue weighted by molar-refractivity contribution is 5.82. The molecule has 0 amide bonds. The third-order valence-corrected chi connectivity index (χ3v) is 4.28. The van der Waals surface area contributed by atoms with Gasteiger partial charge in [0.25, 0.3) is 0 Å². The summed E-state index contributed by atoms with van der Waals surface area (Å²) in [6.45, 7) is 6.79. The van der Waals surface area contributed by atoms with Gasteiger partial charge < -0.3 is 23.7 Å². The molecule has 0 aromatic heterocycles. The molecule has 1 aromatic carbocycles. The fourth-order valence-corrected chi connectivity index (χ4v) is 2.98. The molecule has 4 atom stereocenters. The minimum atomic E-state index is -0.635. The van der Waals surface area contributed by atoms with Crippen molar-refractivity contribution >= 4 is 5.97 Å². The molecule has 0 saturated carbocycles. The summed E-state index contributed by atoms with van der Waals surface area (Å²) in [6.07, 6.45) is 2.24. The van der Waals surface area contributed by atoms with E-state index in [1.807, 2.05) is 44.2 Å². The molecule has 0 radical (unpaired) electrons. The maximum Gasteiger partial charge on any atom is 0.330 e. The molecular formula is C20H26O6. The van der Waals surface area contributed by atoms with Crippen LogP contribution in [-0.2, 0) is 35.1 Å². The molecule has 2 heterocycles. The molecule has 0 bridgehead atoms. The summed E-state index contributed by atoms with van der Waals surface area (Å²) >= 11 is 0. The largest absolute Gasteiger partial charge is 0.463 e. The predicted octanol–water partition coefficient (Wildman–Crippen LogP) is 2.61. The van der Waals surface area contributed by atoms with E-state index >= 15 is 0 Å². The van der Waals surface area contributed by atoms with Crippen molar-refractivity contribution in [2.75, 3.05) is 13.2 Å². The summed E-state index contributed by atoms with van der Waals surface area (Å²) in [5, 5.41) is 0. The number of hydrogen-bond acceptors (Lipinski definition) is 6. The highest BCUT2D eigenvalue weighted by Gasteiger charge is 2.51. The minimum absolute atomic E-state index is 0.174. The van der Waals surface area contributed by atoms with Crippen molar-refractivity contribution < 1.29 is 28.5 Å². The molecule has 3 rings (SSSR count). The lowest BCUT2D eigenvalue weighted by Crippen LogP contribution is -2.37. The van der Waals surface area contributed by atoms with E-state index in [1.165, 1.54) is 6.08 Å². The van der Waals surface area contributed by atoms with Gasteiger partial charge in [-0.3, -0.25) is 0 Å². The normalized spacial score (nSPS) is 28.2. The van der Waals surface area contributed by atoms with E-state index in [1.54, 1.807) is 13.0 Å². The Morgan fingerprint density at radius 2 is 2.12 bits per heavy atom. The van der Waals surface area contributed by atoms with E-state index < -0.39 is 5.79 Å². The van der Waals surface area contributed by atoms with Gasteiger partial charge >= 0.3 is 5.97 Å². The Hall–Kier alpha value is -1.73. The average Bonchev–Trinajstić information content (AvgIpc) is 3.29. The molecule has 2 saturated heterocycles. The molecule has 6 nitrogen and oxygen atoms in total. The number of hydrogen-bond donors (Lipinski definition) is 0. The first-order valence-electron chi connectivity index (χ1n) is 8.96. The Balaban J connectivity index is 1.61. The van der Waals surface area contributed by atoms with Gasteiger partial charge in [0.2, 0.25) is 0 Å². The van der Waals surface area contributed by atoms with Crippen molar-refractivity contribution in [3.8, 4) is 0 Å². The number of rotatable bonds is 8. The van der Waals surface area contributed by atoms with Gasteiger partial charge in [-0.2, -0.15) is 0 Å². The lowest BCUT2D eigenvalue weighted by Gasteiger charge is -2.23. The monoisotopic (exact) mass is 362 g/mol. The predicted molar refractivity (Wildman–Crippen MR) is 94.4 cm³/mol. The maximum absolute atomic E-state index is 11.5. The molecule has 0 unspecified atom stereocenters.